The first kappa shape index (κ1) is 21.4. The van der Waals surface area contributed by atoms with Crippen LogP contribution in [-0.2, 0) is 14.3 Å². The van der Waals surface area contributed by atoms with Crippen molar-refractivity contribution in [2.24, 2.45) is 0 Å². The molecule has 0 N–H and O–H groups in total. The van der Waals surface area contributed by atoms with Crippen molar-refractivity contribution in [2.45, 2.75) is 32.4 Å². The van der Waals surface area contributed by atoms with Crippen LogP contribution in [0.4, 0.5) is 9.59 Å². The van der Waals surface area contributed by atoms with E-state index in [1.165, 1.54) is 10.6 Å². The Morgan fingerprint density at radius 1 is 1.06 bits per heavy atom. The highest BCUT2D eigenvalue weighted by atomic mass is 16.6. The van der Waals surface area contributed by atoms with Crippen molar-refractivity contribution in [3.05, 3.63) is 78.0 Å². The molecule has 164 valence electrons. The highest BCUT2D eigenvalue weighted by Crippen LogP contribution is 2.29. The largest absolute Gasteiger partial charge is 0.446 e. The number of imide groups is 1. The van der Waals surface area contributed by atoms with Gasteiger partial charge in [0.2, 0.25) is 0 Å². The Kier molecular flexibility index (Phi) is 5.57. The lowest BCUT2D eigenvalue weighted by Gasteiger charge is -2.19. The standard InChI is InChI=1S/C25H24N2O5/c1-25(2,3)32-23(29)26-15-18(19-11-7-8-12-20(19)26)13-14-22(28)27-21(16-31-24(27)30)17-9-5-4-6-10-17/h4-15,21H,16H2,1-3H3. The van der Waals surface area contributed by atoms with Gasteiger partial charge in [0.15, 0.2) is 0 Å². The molecule has 1 unspecified atom stereocenters. The van der Waals surface area contributed by atoms with Gasteiger partial charge in [-0.15, -0.1) is 0 Å². The van der Waals surface area contributed by atoms with E-state index in [1.54, 1.807) is 33.0 Å². The van der Waals surface area contributed by atoms with E-state index in [0.29, 0.717) is 11.1 Å². The van der Waals surface area contributed by atoms with E-state index in [2.05, 4.69) is 0 Å². The minimum atomic E-state index is -0.676. The van der Waals surface area contributed by atoms with Crippen molar-refractivity contribution in [3.8, 4) is 0 Å². The normalized spacial score (nSPS) is 16.5. The van der Waals surface area contributed by atoms with Gasteiger partial charge in [0.1, 0.15) is 18.2 Å². The van der Waals surface area contributed by atoms with Gasteiger partial charge in [0, 0.05) is 23.2 Å². The number of hydrogen-bond acceptors (Lipinski definition) is 5. The molecule has 1 aliphatic heterocycles. The van der Waals surface area contributed by atoms with Crippen LogP contribution in [0.3, 0.4) is 0 Å². The van der Waals surface area contributed by atoms with E-state index in [-0.39, 0.29) is 6.61 Å². The van der Waals surface area contributed by atoms with Crippen molar-refractivity contribution in [1.82, 2.24) is 9.47 Å². The zero-order valence-corrected chi connectivity index (χ0v) is 18.1. The molecule has 7 nitrogen and oxygen atoms in total. The summed E-state index contributed by atoms with van der Waals surface area (Å²) in [7, 11) is 0. The first-order valence-corrected chi connectivity index (χ1v) is 10.3. The van der Waals surface area contributed by atoms with E-state index in [9.17, 15) is 14.4 Å². The summed E-state index contributed by atoms with van der Waals surface area (Å²) in [5.41, 5.74) is 1.50. The molecule has 2 amide bonds. The van der Waals surface area contributed by atoms with Crippen LogP contribution in [-0.4, -0.2) is 39.8 Å². The SMILES string of the molecule is CC(C)(C)OC(=O)n1cc(C=CC(=O)N2C(=O)OCC2c2ccccc2)c2ccccc21. The van der Waals surface area contributed by atoms with Gasteiger partial charge in [-0.25, -0.2) is 14.5 Å². The highest BCUT2D eigenvalue weighted by molar-refractivity contribution is 6.04. The van der Waals surface area contributed by atoms with Gasteiger partial charge in [-0.1, -0.05) is 48.5 Å². The molecule has 0 spiro atoms. The molecule has 0 saturated carbocycles. The van der Waals surface area contributed by atoms with E-state index >= 15 is 0 Å². The van der Waals surface area contributed by atoms with Crippen molar-refractivity contribution in [2.75, 3.05) is 6.61 Å². The number of rotatable bonds is 3. The zero-order chi connectivity index (χ0) is 22.9. The number of amides is 2. The highest BCUT2D eigenvalue weighted by Gasteiger charge is 2.37. The van der Waals surface area contributed by atoms with Gasteiger partial charge < -0.3 is 9.47 Å². The van der Waals surface area contributed by atoms with Crippen molar-refractivity contribution in [3.63, 3.8) is 0 Å². The van der Waals surface area contributed by atoms with Gasteiger partial charge in [0.25, 0.3) is 5.91 Å². The molecule has 1 aliphatic rings. The summed E-state index contributed by atoms with van der Waals surface area (Å²) in [6.45, 7) is 5.51. The Balaban J connectivity index is 1.63. The van der Waals surface area contributed by atoms with E-state index in [4.69, 9.17) is 9.47 Å². The lowest BCUT2D eigenvalue weighted by molar-refractivity contribution is -0.124. The summed E-state index contributed by atoms with van der Waals surface area (Å²) in [6.07, 6.45) is 3.36. The molecule has 0 bridgehead atoms. The minimum Gasteiger partial charge on any atom is -0.446 e. The molecule has 3 aromatic rings. The fraction of sp³-hybridized carbons (Fsp3) is 0.240. The summed E-state index contributed by atoms with van der Waals surface area (Å²) < 4.78 is 12.0. The van der Waals surface area contributed by atoms with Gasteiger partial charge in [-0.2, -0.15) is 0 Å². The van der Waals surface area contributed by atoms with Crippen LogP contribution < -0.4 is 0 Å². The lowest BCUT2D eigenvalue weighted by atomic mass is 10.1. The molecule has 1 atom stereocenters. The Labute approximate surface area is 185 Å². The van der Waals surface area contributed by atoms with Crippen LogP contribution in [0.1, 0.15) is 37.9 Å². The quantitative estimate of drug-likeness (QED) is 0.535. The predicted octanol–water partition coefficient (Wildman–Crippen LogP) is 5.16. The molecule has 2 aromatic carbocycles. The topological polar surface area (TPSA) is 77.8 Å². The maximum Gasteiger partial charge on any atom is 0.419 e. The number of ether oxygens (including phenoxy) is 2. The molecule has 7 heteroatoms. The molecular weight excluding hydrogens is 408 g/mol. The average molecular weight is 432 g/mol. The fourth-order valence-corrected chi connectivity index (χ4v) is 3.63. The van der Waals surface area contributed by atoms with Crippen LogP contribution in [0.15, 0.2) is 66.9 Å². The number of para-hydroxylation sites is 1. The first-order chi connectivity index (χ1) is 15.2. The summed E-state index contributed by atoms with van der Waals surface area (Å²) in [4.78, 5) is 38.9. The number of nitrogens with zero attached hydrogens (tertiary/aromatic N) is 2. The molecule has 2 heterocycles. The monoisotopic (exact) mass is 432 g/mol. The Morgan fingerprint density at radius 2 is 1.75 bits per heavy atom. The van der Waals surface area contributed by atoms with Crippen LogP contribution >= 0.6 is 0 Å². The maximum atomic E-state index is 12.9. The second-order valence-corrected chi connectivity index (χ2v) is 8.50. The Bertz CT molecular complexity index is 1200. The molecule has 1 aromatic heterocycles. The third-order valence-corrected chi connectivity index (χ3v) is 5.03. The molecule has 32 heavy (non-hydrogen) atoms. The maximum absolute atomic E-state index is 12.9. The number of benzene rings is 2. The van der Waals surface area contributed by atoms with Gasteiger partial charge in [-0.3, -0.25) is 9.36 Å². The molecule has 4 rings (SSSR count). The second-order valence-electron chi connectivity index (χ2n) is 8.50. The predicted molar refractivity (Wildman–Crippen MR) is 120 cm³/mol. The van der Waals surface area contributed by atoms with Crippen molar-refractivity contribution < 1.29 is 23.9 Å². The van der Waals surface area contributed by atoms with Crippen LogP contribution in [0.5, 0.6) is 0 Å². The minimum absolute atomic E-state index is 0.111. The van der Waals surface area contributed by atoms with E-state index < -0.39 is 29.7 Å². The third-order valence-electron chi connectivity index (χ3n) is 5.03. The molecule has 1 saturated heterocycles. The molecule has 1 fully saturated rings. The summed E-state index contributed by atoms with van der Waals surface area (Å²) in [5, 5.41) is 0.783. The summed E-state index contributed by atoms with van der Waals surface area (Å²) >= 11 is 0. The van der Waals surface area contributed by atoms with Crippen LogP contribution in [0, 0.1) is 0 Å². The number of carbonyl (C=O) groups excluding carboxylic acids is 3. The van der Waals surface area contributed by atoms with Crippen LogP contribution in [0.2, 0.25) is 0 Å². The average Bonchev–Trinajstić information content (AvgIpc) is 3.32. The Morgan fingerprint density at radius 3 is 2.47 bits per heavy atom. The molecular formula is C25H24N2O5. The van der Waals surface area contributed by atoms with Gasteiger partial charge in [0.05, 0.1) is 5.52 Å². The smallest absolute Gasteiger partial charge is 0.419 e. The summed E-state index contributed by atoms with van der Waals surface area (Å²) in [5.74, 6) is -0.490. The number of cyclic esters (lactones) is 1. The zero-order valence-electron chi connectivity index (χ0n) is 18.1. The van der Waals surface area contributed by atoms with E-state index in [0.717, 1.165) is 15.8 Å². The van der Waals surface area contributed by atoms with Crippen LogP contribution in [0.25, 0.3) is 17.0 Å². The Hall–Kier alpha value is -3.87. The molecule has 0 radical (unpaired) electrons. The number of aromatic nitrogens is 1. The fourth-order valence-electron chi connectivity index (χ4n) is 3.63. The molecule has 0 aliphatic carbocycles. The number of carbonyl (C=O) groups is 3. The lowest BCUT2D eigenvalue weighted by Crippen LogP contribution is -2.32. The van der Waals surface area contributed by atoms with Crippen molar-refractivity contribution in [1.29, 1.82) is 0 Å². The van der Waals surface area contributed by atoms with Gasteiger partial charge in [-0.05, 0) is 38.5 Å². The first-order valence-electron chi connectivity index (χ1n) is 10.3. The van der Waals surface area contributed by atoms with E-state index in [1.807, 2.05) is 54.6 Å². The number of hydrogen-bond donors (Lipinski definition) is 0. The van der Waals surface area contributed by atoms with Crippen molar-refractivity contribution >= 4 is 35.1 Å². The second kappa shape index (κ2) is 8.34. The van der Waals surface area contributed by atoms with Gasteiger partial charge >= 0.3 is 12.2 Å². The number of fused-ring (bicyclic) bond motifs is 1. The summed E-state index contributed by atoms with van der Waals surface area (Å²) in [6, 6.07) is 16.1. The third kappa shape index (κ3) is 4.27.